The Morgan fingerprint density at radius 2 is 1.68 bits per heavy atom. The lowest BCUT2D eigenvalue weighted by molar-refractivity contribution is 0.569. The summed E-state index contributed by atoms with van der Waals surface area (Å²) in [7, 11) is 0. The third kappa shape index (κ3) is 3.75. The average molecular weight is 317 g/mol. The Morgan fingerprint density at radius 3 is 2.26 bits per heavy atom. The van der Waals surface area contributed by atoms with Crippen LogP contribution in [0.3, 0.4) is 0 Å². The molecule has 0 amide bonds. The van der Waals surface area contributed by atoms with Crippen molar-refractivity contribution in [1.82, 2.24) is 0 Å². The van der Waals surface area contributed by atoms with Gasteiger partial charge < -0.3 is 0 Å². The van der Waals surface area contributed by atoms with E-state index in [9.17, 15) is 9.18 Å². The number of hydrogen-bond acceptors (Lipinski definition) is 1. The molecule has 0 saturated carbocycles. The molecule has 0 aliphatic rings. The van der Waals surface area contributed by atoms with E-state index in [1.54, 1.807) is 24.3 Å². The number of hydrogen-bond donors (Lipinski definition) is 0. The maximum Gasteiger partial charge on any atom is 0.133 e. The summed E-state index contributed by atoms with van der Waals surface area (Å²) in [5.74, 6) is 1.63. The third-order valence-electron chi connectivity index (χ3n) is 2.58. The van der Waals surface area contributed by atoms with Gasteiger partial charge in [-0.05, 0) is 41.5 Å². The second-order valence-corrected chi connectivity index (χ2v) is 4.82. The highest BCUT2D eigenvalue weighted by Crippen LogP contribution is 2.18. The molecule has 0 aromatic heterocycles. The summed E-state index contributed by atoms with van der Waals surface area (Å²) in [6.45, 7) is 0. The first kappa shape index (κ1) is 13.5. The fraction of sp³-hybridized carbons (Fsp3) is 0. The van der Waals surface area contributed by atoms with Gasteiger partial charge in [-0.2, -0.15) is 0 Å². The van der Waals surface area contributed by atoms with Crippen LogP contribution in [0.1, 0.15) is 11.1 Å². The van der Waals surface area contributed by atoms with Crippen molar-refractivity contribution in [2.45, 2.75) is 0 Å². The van der Waals surface area contributed by atoms with Crippen LogP contribution in [0, 0.1) is 5.82 Å². The second-order valence-electron chi connectivity index (χ2n) is 3.91. The van der Waals surface area contributed by atoms with E-state index in [-0.39, 0.29) is 5.82 Å². The molecule has 2 aromatic rings. The smallest absolute Gasteiger partial charge is 0.133 e. The molecule has 0 aliphatic carbocycles. The summed E-state index contributed by atoms with van der Waals surface area (Å²) >= 11 is 3.34. The van der Waals surface area contributed by atoms with Crippen LogP contribution >= 0.6 is 15.9 Å². The summed E-state index contributed by atoms with van der Waals surface area (Å²) in [6.07, 6.45) is 3.42. The molecule has 0 aliphatic heterocycles. The molecule has 0 unspecified atom stereocenters. The van der Waals surface area contributed by atoms with Gasteiger partial charge in [0.2, 0.25) is 0 Å². The predicted molar refractivity (Wildman–Crippen MR) is 78.7 cm³/mol. The fourth-order valence-corrected chi connectivity index (χ4v) is 1.84. The molecule has 0 fully saturated rings. The van der Waals surface area contributed by atoms with Crippen LogP contribution in [-0.2, 0) is 4.79 Å². The molecule has 0 heterocycles. The van der Waals surface area contributed by atoms with Gasteiger partial charge in [0.25, 0.3) is 0 Å². The van der Waals surface area contributed by atoms with Crippen LogP contribution in [0.2, 0.25) is 0 Å². The zero-order valence-corrected chi connectivity index (χ0v) is 11.5. The summed E-state index contributed by atoms with van der Waals surface area (Å²) in [5.41, 5.74) is 2.07. The van der Waals surface area contributed by atoms with E-state index in [4.69, 9.17) is 0 Å². The minimum atomic E-state index is -0.281. The zero-order chi connectivity index (χ0) is 13.7. The number of allylic oxidation sites excluding steroid dienone is 2. The van der Waals surface area contributed by atoms with Gasteiger partial charge in [0, 0.05) is 4.47 Å². The Bertz CT molecular complexity index is 635. The van der Waals surface area contributed by atoms with Crippen LogP contribution in [0.4, 0.5) is 4.39 Å². The molecule has 3 heteroatoms. The van der Waals surface area contributed by atoms with E-state index in [0.29, 0.717) is 5.57 Å². The summed E-state index contributed by atoms with van der Waals surface area (Å²) in [6, 6.07) is 13.4. The average Bonchev–Trinajstić information content (AvgIpc) is 2.43. The number of halogens is 2. The highest BCUT2D eigenvalue weighted by molar-refractivity contribution is 9.10. The van der Waals surface area contributed by atoms with Crippen LogP contribution in [0.5, 0.6) is 0 Å². The van der Waals surface area contributed by atoms with Gasteiger partial charge in [0.1, 0.15) is 11.8 Å². The lowest BCUT2D eigenvalue weighted by Crippen LogP contribution is -1.81. The van der Waals surface area contributed by atoms with Gasteiger partial charge in [0.15, 0.2) is 0 Å². The Hall–Kier alpha value is -1.96. The van der Waals surface area contributed by atoms with E-state index in [1.807, 2.05) is 30.2 Å². The van der Waals surface area contributed by atoms with Gasteiger partial charge in [-0.15, -0.1) is 0 Å². The van der Waals surface area contributed by atoms with E-state index in [1.165, 1.54) is 12.1 Å². The van der Waals surface area contributed by atoms with Gasteiger partial charge in [-0.1, -0.05) is 46.3 Å². The first-order valence-corrected chi connectivity index (χ1v) is 6.43. The molecular formula is C16H10BrFO. The van der Waals surface area contributed by atoms with Crippen molar-refractivity contribution in [1.29, 1.82) is 0 Å². The van der Waals surface area contributed by atoms with Crippen molar-refractivity contribution >= 4 is 33.5 Å². The van der Waals surface area contributed by atoms with E-state index in [0.717, 1.165) is 15.6 Å². The molecule has 0 bridgehead atoms. The molecule has 0 saturated heterocycles. The Morgan fingerprint density at radius 1 is 1.05 bits per heavy atom. The second kappa shape index (κ2) is 6.28. The quantitative estimate of drug-likeness (QED) is 0.601. The highest BCUT2D eigenvalue weighted by Gasteiger charge is 1.99. The standard InChI is InChI=1S/C16H10BrFO/c17-15-7-5-13(6-8-15)14(11-19)4-1-12-2-9-16(18)10-3-12/h1-10H/b4-1+. The van der Waals surface area contributed by atoms with Crippen molar-refractivity contribution in [2.24, 2.45) is 0 Å². The van der Waals surface area contributed by atoms with E-state index < -0.39 is 0 Å². The lowest BCUT2D eigenvalue weighted by atomic mass is 10.1. The molecule has 2 rings (SSSR count). The van der Waals surface area contributed by atoms with Crippen LogP contribution in [0.15, 0.2) is 59.1 Å². The number of carbonyl (C=O) groups excluding carboxylic acids is 1. The molecular weight excluding hydrogens is 307 g/mol. The van der Waals surface area contributed by atoms with Crippen molar-refractivity contribution in [3.05, 3.63) is 76.0 Å². The SMILES string of the molecule is O=C=C(/C=C/c1ccc(F)cc1)c1ccc(Br)cc1. The molecule has 1 nitrogen and oxygen atoms in total. The number of benzene rings is 2. The summed E-state index contributed by atoms with van der Waals surface area (Å²) < 4.78 is 13.7. The van der Waals surface area contributed by atoms with E-state index in [2.05, 4.69) is 15.9 Å². The van der Waals surface area contributed by atoms with Crippen molar-refractivity contribution < 1.29 is 9.18 Å². The number of rotatable bonds is 3. The largest absolute Gasteiger partial charge is 0.233 e. The first-order chi connectivity index (χ1) is 9.19. The van der Waals surface area contributed by atoms with Crippen molar-refractivity contribution in [3.8, 4) is 0 Å². The predicted octanol–water partition coefficient (Wildman–Crippen LogP) is 4.52. The van der Waals surface area contributed by atoms with Crippen LogP contribution in [0.25, 0.3) is 11.6 Å². The van der Waals surface area contributed by atoms with Gasteiger partial charge in [-0.25, -0.2) is 9.18 Å². The van der Waals surface area contributed by atoms with Gasteiger partial charge in [-0.3, -0.25) is 0 Å². The molecule has 0 spiro atoms. The fourth-order valence-electron chi connectivity index (χ4n) is 1.57. The molecule has 0 radical (unpaired) electrons. The van der Waals surface area contributed by atoms with Crippen LogP contribution in [-0.4, -0.2) is 5.94 Å². The van der Waals surface area contributed by atoms with E-state index >= 15 is 0 Å². The van der Waals surface area contributed by atoms with Crippen molar-refractivity contribution in [3.63, 3.8) is 0 Å². The summed E-state index contributed by atoms with van der Waals surface area (Å²) in [5, 5.41) is 0. The maximum absolute atomic E-state index is 12.8. The Kier molecular flexibility index (Phi) is 4.45. The topological polar surface area (TPSA) is 17.1 Å². The van der Waals surface area contributed by atoms with Gasteiger partial charge in [0.05, 0.1) is 5.57 Å². The molecule has 0 atom stereocenters. The van der Waals surface area contributed by atoms with Crippen LogP contribution < -0.4 is 0 Å². The normalized spacial score (nSPS) is 10.4. The van der Waals surface area contributed by atoms with Crippen molar-refractivity contribution in [2.75, 3.05) is 0 Å². The lowest BCUT2D eigenvalue weighted by Gasteiger charge is -1.98. The van der Waals surface area contributed by atoms with Gasteiger partial charge >= 0.3 is 0 Å². The molecule has 94 valence electrons. The minimum absolute atomic E-state index is 0.281. The monoisotopic (exact) mass is 316 g/mol. The minimum Gasteiger partial charge on any atom is -0.233 e. The molecule has 19 heavy (non-hydrogen) atoms. The molecule has 0 N–H and O–H groups in total. The Labute approximate surface area is 119 Å². The third-order valence-corrected chi connectivity index (χ3v) is 3.11. The first-order valence-electron chi connectivity index (χ1n) is 5.64. The highest BCUT2D eigenvalue weighted by atomic mass is 79.9. The molecule has 2 aromatic carbocycles. The zero-order valence-electron chi connectivity index (χ0n) is 9.94. The summed E-state index contributed by atoms with van der Waals surface area (Å²) in [4.78, 5) is 11.0. The maximum atomic E-state index is 12.8. The Balaban J connectivity index is 2.22.